The van der Waals surface area contributed by atoms with Crippen LogP contribution < -0.4 is 10.6 Å². The van der Waals surface area contributed by atoms with E-state index >= 15 is 0 Å². The van der Waals surface area contributed by atoms with Crippen molar-refractivity contribution in [3.8, 4) is 0 Å². The minimum atomic E-state index is -1.04. The van der Waals surface area contributed by atoms with Crippen molar-refractivity contribution in [1.29, 1.82) is 0 Å². The zero-order valence-corrected chi connectivity index (χ0v) is 19.8. The second-order valence-corrected chi connectivity index (χ2v) is 9.88. The molecule has 4 heterocycles. The van der Waals surface area contributed by atoms with E-state index in [2.05, 4.69) is 15.5 Å². The summed E-state index contributed by atoms with van der Waals surface area (Å²) in [5.41, 5.74) is 3.16. The smallest absolute Gasteiger partial charge is 0.305 e. The normalized spacial score (nSPS) is 25.4. The second kappa shape index (κ2) is 10.1. The Kier molecular flexibility index (Phi) is 6.72. The van der Waals surface area contributed by atoms with Gasteiger partial charge in [0.25, 0.3) is 5.91 Å². The van der Waals surface area contributed by atoms with Crippen molar-refractivity contribution < 1.29 is 19.5 Å². The summed E-state index contributed by atoms with van der Waals surface area (Å²) in [5.74, 6) is -0.880. The van der Waals surface area contributed by atoms with Crippen LogP contribution in [-0.2, 0) is 22.6 Å². The molecule has 3 fully saturated rings. The summed E-state index contributed by atoms with van der Waals surface area (Å²) in [4.78, 5) is 41.9. The summed E-state index contributed by atoms with van der Waals surface area (Å²) in [6.45, 7) is 3.97. The number of carbonyl (C=O) groups is 3. The lowest BCUT2D eigenvalue weighted by molar-refractivity contribution is -0.141. The summed E-state index contributed by atoms with van der Waals surface area (Å²) in [7, 11) is 0. The van der Waals surface area contributed by atoms with Crippen molar-refractivity contribution in [2.45, 2.75) is 44.3 Å². The zero-order chi connectivity index (χ0) is 24.4. The molecular weight excluding hydrogens is 444 g/mol. The van der Waals surface area contributed by atoms with Crippen molar-refractivity contribution in [3.63, 3.8) is 0 Å². The average molecular weight is 477 g/mol. The van der Waals surface area contributed by atoms with Crippen molar-refractivity contribution in [3.05, 3.63) is 65.2 Å². The number of amides is 2. The third-order valence-electron chi connectivity index (χ3n) is 7.54. The highest BCUT2D eigenvalue weighted by Gasteiger charge is 2.35. The number of carboxylic acid groups (broad SMARTS) is 1. The van der Waals surface area contributed by atoms with Crippen molar-refractivity contribution in [1.82, 2.24) is 15.1 Å². The van der Waals surface area contributed by atoms with Gasteiger partial charge in [-0.15, -0.1) is 0 Å². The quantitative estimate of drug-likeness (QED) is 0.567. The molecule has 184 valence electrons. The molecular formula is C27H32N4O4. The first-order valence-electron chi connectivity index (χ1n) is 12.4. The van der Waals surface area contributed by atoms with E-state index in [1.807, 2.05) is 36.4 Å². The van der Waals surface area contributed by atoms with Gasteiger partial charge in [0.15, 0.2) is 0 Å². The largest absolute Gasteiger partial charge is 0.481 e. The lowest BCUT2D eigenvalue weighted by atomic mass is 9.84. The van der Waals surface area contributed by atoms with Gasteiger partial charge >= 0.3 is 5.97 Å². The monoisotopic (exact) mass is 476 g/mol. The van der Waals surface area contributed by atoms with Crippen LogP contribution in [0.15, 0.2) is 48.5 Å². The standard InChI is InChI=1S/C27H32N4O4/c32-25(33)15-23-27(35)31(13-8-18-4-2-1-3-5-18)16-21-7-6-20(14-22(21)28-23)26(34)29-24-17-30-11-9-19(24)10-12-30/h1-7,14,19,23-24,28H,8-13,15-17H2,(H,29,34)(H,32,33). The van der Waals surface area contributed by atoms with Crippen molar-refractivity contribution in [2.24, 2.45) is 5.92 Å². The van der Waals surface area contributed by atoms with Crippen LogP contribution in [0.3, 0.4) is 0 Å². The molecule has 2 unspecified atom stereocenters. The molecule has 2 amide bonds. The minimum Gasteiger partial charge on any atom is -0.481 e. The summed E-state index contributed by atoms with van der Waals surface area (Å²) in [6, 6.07) is 14.6. The number of aliphatic carboxylic acids is 1. The van der Waals surface area contributed by atoms with Gasteiger partial charge in [0.05, 0.1) is 6.42 Å². The summed E-state index contributed by atoms with van der Waals surface area (Å²) >= 11 is 0. The van der Waals surface area contributed by atoms with Crippen LogP contribution in [0.5, 0.6) is 0 Å². The molecule has 0 spiro atoms. The van der Waals surface area contributed by atoms with Gasteiger partial charge in [-0.1, -0.05) is 36.4 Å². The van der Waals surface area contributed by atoms with E-state index in [-0.39, 0.29) is 24.3 Å². The number of carboxylic acids is 1. The van der Waals surface area contributed by atoms with Gasteiger partial charge in [0.1, 0.15) is 6.04 Å². The fourth-order valence-electron chi connectivity index (χ4n) is 5.53. The molecule has 3 saturated heterocycles. The third-order valence-corrected chi connectivity index (χ3v) is 7.54. The van der Waals surface area contributed by atoms with Gasteiger partial charge in [-0.05, 0) is 61.5 Å². The Morgan fingerprint density at radius 3 is 2.54 bits per heavy atom. The Balaban J connectivity index is 1.33. The van der Waals surface area contributed by atoms with Crippen LogP contribution in [0, 0.1) is 5.92 Å². The first-order valence-corrected chi connectivity index (χ1v) is 12.4. The van der Waals surface area contributed by atoms with Gasteiger partial charge in [-0.2, -0.15) is 0 Å². The van der Waals surface area contributed by atoms with E-state index in [0.717, 1.165) is 43.6 Å². The molecule has 2 aromatic carbocycles. The number of hydrogen-bond donors (Lipinski definition) is 3. The number of carbonyl (C=O) groups excluding carboxylic acids is 2. The number of benzene rings is 2. The van der Waals surface area contributed by atoms with Crippen LogP contribution in [0.25, 0.3) is 0 Å². The van der Waals surface area contributed by atoms with Crippen LogP contribution in [-0.4, -0.2) is 71.0 Å². The Labute approximate surface area is 205 Å². The highest BCUT2D eigenvalue weighted by molar-refractivity contribution is 5.96. The molecule has 8 heteroatoms. The molecule has 3 N–H and O–H groups in total. The molecule has 0 aliphatic carbocycles. The Morgan fingerprint density at radius 1 is 1.09 bits per heavy atom. The fraction of sp³-hybridized carbons (Fsp3) is 0.444. The van der Waals surface area contributed by atoms with Gasteiger partial charge in [-0.25, -0.2) is 0 Å². The number of nitrogens with zero attached hydrogens (tertiary/aromatic N) is 2. The van der Waals surface area contributed by atoms with E-state index in [4.69, 9.17) is 0 Å². The summed E-state index contributed by atoms with van der Waals surface area (Å²) in [6.07, 6.45) is 2.60. The zero-order valence-electron chi connectivity index (χ0n) is 19.8. The number of nitrogens with one attached hydrogen (secondary N) is 2. The molecule has 0 aromatic heterocycles. The molecule has 2 aromatic rings. The van der Waals surface area contributed by atoms with Gasteiger partial charge < -0.3 is 25.5 Å². The number of piperidine rings is 3. The molecule has 8 nitrogen and oxygen atoms in total. The predicted molar refractivity (Wildman–Crippen MR) is 132 cm³/mol. The maximum absolute atomic E-state index is 13.2. The average Bonchev–Trinajstić information content (AvgIpc) is 2.99. The molecule has 35 heavy (non-hydrogen) atoms. The number of anilines is 1. The second-order valence-electron chi connectivity index (χ2n) is 9.88. The fourth-order valence-corrected chi connectivity index (χ4v) is 5.53. The lowest BCUT2D eigenvalue weighted by Crippen LogP contribution is -2.57. The molecule has 4 aliphatic heterocycles. The first-order chi connectivity index (χ1) is 17.0. The SMILES string of the molecule is O=C(O)CC1Nc2cc(C(=O)NC3CN4CCC3CC4)ccc2CN(CCc2ccccc2)C1=O. The highest BCUT2D eigenvalue weighted by atomic mass is 16.4. The van der Waals surface area contributed by atoms with E-state index in [0.29, 0.717) is 36.7 Å². The molecule has 6 rings (SSSR count). The number of hydrogen-bond acceptors (Lipinski definition) is 5. The topological polar surface area (TPSA) is 102 Å². The van der Waals surface area contributed by atoms with Gasteiger partial charge in [0.2, 0.25) is 5.91 Å². The lowest BCUT2D eigenvalue weighted by Gasteiger charge is -2.44. The maximum Gasteiger partial charge on any atom is 0.305 e. The van der Waals surface area contributed by atoms with Crippen LogP contribution in [0.2, 0.25) is 0 Å². The molecule has 4 aliphatic rings. The van der Waals surface area contributed by atoms with E-state index in [9.17, 15) is 19.5 Å². The Bertz CT molecular complexity index is 1100. The summed E-state index contributed by atoms with van der Waals surface area (Å²) in [5, 5.41) is 15.8. The van der Waals surface area contributed by atoms with Crippen LogP contribution in [0.1, 0.15) is 40.7 Å². The van der Waals surface area contributed by atoms with E-state index in [1.54, 1.807) is 17.0 Å². The van der Waals surface area contributed by atoms with E-state index in [1.165, 1.54) is 0 Å². The van der Waals surface area contributed by atoms with Crippen LogP contribution >= 0.6 is 0 Å². The summed E-state index contributed by atoms with van der Waals surface area (Å²) < 4.78 is 0. The number of rotatable bonds is 7. The van der Waals surface area contributed by atoms with E-state index < -0.39 is 12.0 Å². The van der Waals surface area contributed by atoms with Gasteiger partial charge in [0, 0.05) is 36.9 Å². The third kappa shape index (κ3) is 5.32. The first kappa shape index (κ1) is 23.4. The Morgan fingerprint density at radius 2 is 1.86 bits per heavy atom. The van der Waals surface area contributed by atoms with Crippen molar-refractivity contribution >= 4 is 23.5 Å². The molecule has 2 bridgehead atoms. The minimum absolute atomic E-state index is 0.125. The Hall–Kier alpha value is -3.39. The van der Waals surface area contributed by atoms with Crippen LogP contribution in [0.4, 0.5) is 5.69 Å². The predicted octanol–water partition coefficient (Wildman–Crippen LogP) is 2.35. The highest BCUT2D eigenvalue weighted by Crippen LogP contribution is 2.29. The molecule has 0 radical (unpaired) electrons. The maximum atomic E-state index is 13.2. The van der Waals surface area contributed by atoms with Gasteiger partial charge in [-0.3, -0.25) is 14.4 Å². The molecule has 0 saturated carbocycles. The molecule has 2 atom stereocenters. The number of fused-ring (bicyclic) bond motifs is 4. The van der Waals surface area contributed by atoms with Crippen molar-refractivity contribution in [2.75, 3.05) is 31.5 Å².